The van der Waals surface area contributed by atoms with E-state index in [1.165, 1.54) is 10.4 Å². The van der Waals surface area contributed by atoms with Gasteiger partial charge in [0.05, 0.1) is 0 Å². The lowest BCUT2D eigenvalue weighted by atomic mass is 10.2. The van der Waals surface area contributed by atoms with E-state index < -0.39 is 0 Å². The molecule has 0 bridgehead atoms. The van der Waals surface area contributed by atoms with Crippen LogP contribution >= 0.6 is 11.3 Å². The number of benzene rings is 1. The van der Waals surface area contributed by atoms with Gasteiger partial charge in [0.2, 0.25) is 0 Å². The number of nitrogens with one attached hydrogen (secondary N) is 1. The number of thiophene rings is 1. The lowest BCUT2D eigenvalue weighted by molar-refractivity contribution is 0.983. The Morgan fingerprint density at radius 2 is 2.06 bits per heavy atom. The first kappa shape index (κ1) is 12.6. The minimum absolute atomic E-state index is 0.468. The van der Waals surface area contributed by atoms with Crippen LogP contribution in [-0.4, -0.2) is 12.5 Å². The fourth-order valence-electron chi connectivity index (χ4n) is 1.57. The first-order valence-electron chi connectivity index (χ1n) is 5.90. The second kappa shape index (κ2) is 6.21. The van der Waals surface area contributed by atoms with E-state index in [9.17, 15) is 0 Å². The Labute approximate surface area is 111 Å². The number of anilines is 1. The third-order valence-electron chi connectivity index (χ3n) is 2.54. The molecule has 18 heavy (non-hydrogen) atoms. The van der Waals surface area contributed by atoms with Gasteiger partial charge in [-0.25, -0.2) is 0 Å². The van der Waals surface area contributed by atoms with Crippen LogP contribution < -0.4 is 11.1 Å². The summed E-state index contributed by atoms with van der Waals surface area (Å²) >= 11 is 1.75. The lowest BCUT2D eigenvalue weighted by Crippen LogP contribution is -2.23. The molecule has 94 valence electrons. The third kappa shape index (κ3) is 3.89. The molecule has 0 saturated carbocycles. The summed E-state index contributed by atoms with van der Waals surface area (Å²) in [6, 6.07) is 12.2. The van der Waals surface area contributed by atoms with Crippen LogP contribution in [-0.2, 0) is 6.42 Å². The van der Waals surface area contributed by atoms with Crippen molar-refractivity contribution in [2.24, 2.45) is 10.7 Å². The second-order valence-electron chi connectivity index (χ2n) is 4.09. The van der Waals surface area contributed by atoms with Gasteiger partial charge < -0.3 is 11.1 Å². The highest BCUT2D eigenvalue weighted by Gasteiger charge is 1.96. The van der Waals surface area contributed by atoms with Crippen molar-refractivity contribution in [2.45, 2.75) is 13.3 Å². The van der Waals surface area contributed by atoms with Crippen molar-refractivity contribution in [3.8, 4) is 0 Å². The molecule has 0 amide bonds. The van der Waals surface area contributed by atoms with E-state index in [1.54, 1.807) is 11.3 Å². The average Bonchev–Trinajstić information content (AvgIpc) is 2.85. The smallest absolute Gasteiger partial charge is 0.193 e. The number of rotatable bonds is 4. The highest BCUT2D eigenvalue weighted by atomic mass is 32.1. The Bertz CT molecular complexity index is 500. The molecule has 4 heteroatoms. The molecule has 2 rings (SSSR count). The van der Waals surface area contributed by atoms with Crippen molar-refractivity contribution in [1.82, 2.24) is 0 Å². The third-order valence-corrected chi connectivity index (χ3v) is 3.48. The predicted octanol–water partition coefficient (Wildman–Crippen LogP) is 3.03. The maximum atomic E-state index is 5.83. The normalized spacial score (nSPS) is 11.5. The van der Waals surface area contributed by atoms with Crippen molar-refractivity contribution >= 4 is 23.0 Å². The molecule has 2 aromatic rings. The van der Waals surface area contributed by atoms with Crippen LogP contribution in [0.25, 0.3) is 0 Å². The summed E-state index contributed by atoms with van der Waals surface area (Å²) in [5.74, 6) is 0.468. The average molecular weight is 259 g/mol. The zero-order valence-corrected chi connectivity index (χ0v) is 11.2. The van der Waals surface area contributed by atoms with Crippen molar-refractivity contribution in [1.29, 1.82) is 0 Å². The number of hydrogen-bond acceptors (Lipinski definition) is 2. The first-order valence-corrected chi connectivity index (χ1v) is 6.78. The van der Waals surface area contributed by atoms with Crippen LogP contribution in [0.1, 0.15) is 10.4 Å². The molecule has 0 aliphatic rings. The Morgan fingerprint density at radius 3 is 2.72 bits per heavy atom. The molecule has 0 aliphatic carbocycles. The van der Waals surface area contributed by atoms with Gasteiger partial charge in [-0.15, -0.1) is 11.3 Å². The second-order valence-corrected chi connectivity index (χ2v) is 5.12. The van der Waals surface area contributed by atoms with E-state index >= 15 is 0 Å². The zero-order chi connectivity index (χ0) is 12.8. The summed E-state index contributed by atoms with van der Waals surface area (Å²) in [4.78, 5) is 5.64. The quantitative estimate of drug-likeness (QED) is 0.655. The largest absolute Gasteiger partial charge is 0.370 e. The topological polar surface area (TPSA) is 50.4 Å². The molecule has 0 aliphatic heterocycles. The predicted molar refractivity (Wildman–Crippen MR) is 79.3 cm³/mol. The van der Waals surface area contributed by atoms with Crippen molar-refractivity contribution < 1.29 is 0 Å². The Morgan fingerprint density at radius 1 is 1.28 bits per heavy atom. The molecule has 0 saturated heterocycles. The fraction of sp³-hybridized carbons (Fsp3) is 0.214. The van der Waals surface area contributed by atoms with E-state index in [1.807, 2.05) is 24.3 Å². The summed E-state index contributed by atoms with van der Waals surface area (Å²) in [5.41, 5.74) is 8.03. The molecule has 0 radical (unpaired) electrons. The SMILES string of the molecule is Cc1ccc(NC(N)=NCCc2cccs2)cc1. The Hall–Kier alpha value is -1.81. The van der Waals surface area contributed by atoms with Crippen LogP contribution in [0.3, 0.4) is 0 Å². The summed E-state index contributed by atoms with van der Waals surface area (Å²) in [6.45, 7) is 2.77. The van der Waals surface area contributed by atoms with Gasteiger partial charge >= 0.3 is 0 Å². The standard InChI is InChI=1S/C14H17N3S/c1-11-4-6-12(7-5-11)17-14(15)16-9-8-13-3-2-10-18-13/h2-7,10H,8-9H2,1H3,(H3,15,16,17). The minimum atomic E-state index is 0.468. The molecule has 1 aromatic heterocycles. The number of guanidine groups is 1. The van der Waals surface area contributed by atoms with E-state index in [0.29, 0.717) is 12.5 Å². The fourth-order valence-corrected chi connectivity index (χ4v) is 2.26. The van der Waals surface area contributed by atoms with Gasteiger partial charge in [0, 0.05) is 23.5 Å². The monoisotopic (exact) mass is 259 g/mol. The van der Waals surface area contributed by atoms with Gasteiger partial charge in [0.15, 0.2) is 5.96 Å². The number of hydrogen-bond donors (Lipinski definition) is 2. The van der Waals surface area contributed by atoms with Crippen LogP contribution in [0.15, 0.2) is 46.8 Å². The van der Waals surface area contributed by atoms with Gasteiger partial charge in [-0.1, -0.05) is 23.8 Å². The maximum Gasteiger partial charge on any atom is 0.193 e. The van der Waals surface area contributed by atoms with Gasteiger partial charge in [0.25, 0.3) is 0 Å². The molecule has 1 aromatic carbocycles. The molecule has 1 heterocycles. The number of aliphatic imine (C=N–C) groups is 1. The van der Waals surface area contributed by atoms with Gasteiger partial charge in [0.1, 0.15) is 0 Å². The van der Waals surface area contributed by atoms with E-state index in [4.69, 9.17) is 5.73 Å². The highest BCUT2D eigenvalue weighted by Crippen LogP contribution is 2.09. The van der Waals surface area contributed by atoms with E-state index in [-0.39, 0.29) is 0 Å². The first-order chi connectivity index (χ1) is 8.74. The summed E-state index contributed by atoms with van der Waals surface area (Å²) < 4.78 is 0. The lowest BCUT2D eigenvalue weighted by Gasteiger charge is -2.05. The molecular formula is C14H17N3S. The van der Waals surface area contributed by atoms with Crippen molar-refractivity contribution in [3.63, 3.8) is 0 Å². The minimum Gasteiger partial charge on any atom is -0.370 e. The number of nitrogens with zero attached hydrogens (tertiary/aromatic N) is 1. The Balaban J connectivity index is 1.83. The summed E-state index contributed by atoms with van der Waals surface area (Å²) in [6.07, 6.45) is 0.938. The van der Waals surface area contributed by atoms with Crippen molar-refractivity contribution in [2.75, 3.05) is 11.9 Å². The Kier molecular flexibility index (Phi) is 4.36. The molecule has 0 fully saturated rings. The number of aryl methyl sites for hydroxylation is 1. The van der Waals surface area contributed by atoms with Gasteiger partial charge in [-0.3, -0.25) is 4.99 Å². The molecule has 0 unspecified atom stereocenters. The van der Waals surface area contributed by atoms with E-state index in [0.717, 1.165) is 12.1 Å². The van der Waals surface area contributed by atoms with Gasteiger partial charge in [-0.05, 0) is 30.5 Å². The van der Waals surface area contributed by atoms with E-state index in [2.05, 4.69) is 34.7 Å². The number of nitrogens with two attached hydrogens (primary N) is 1. The maximum absolute atomic E-state index is 5.83. The van der Waals surface area contributed by atoms with Crippen LogP contribution in [0, 0.1) is 6.92 Å². The highest BCUT2D eigenvalue weighted by molar-refractivity contribution is 7.09. The molecule has 3 nitrogen and oxygen atoms in total. The molecular weight excluding hydrogens is 242 g/mol. The van der Waals surface area contributed by atoms with Crippen LogP contribution in [0.2, 0.25) is 0 Å². The van der Waals surface area contributed by atoms with Gasteiger partial charge in [-0.2, -0.15) is 0 Å². The summed E-state index contributed by atoms with van der Waals surface area (Å²) in [7, 11) is 0. The van der Waals surface area contributed by atoms with Crippen LogP contribution in [0.5, 0.6) is 0 Å². The van der Waals surface area contributed by atoms with Crippen molar-refractivity contribution in [3.05, 3.63) is 52.2 Å². The molecule has 3 N–H and O–H groups in total. The molecule has 0 spiro atoms. The zero-order valence-electron chi connectivity index (χ0n) is 10.4. The summed E-state index contributed by atoms with van der Waals surface area (Å²) in [5, 5.41) is 5.16. The van der Waals surface area contributed by atoms with Crippen LogP contribution in [0.4, 0.5) is 5.69 Å². The molecule has 0 atom stereocenters.